The highest BCUT2D eigenvalue weighted by atomic mass is 14.3. The van der Waals surface area contributed by atoms with Crippen molar-refractivity contribution >= 4 is 0 Å². The van der Waals surface area contributed by atoms with Crippen LogP contribution in [0.2, 0.25) is 0 Å². The molecule has 3 unspecified atom stereocenters. The number of fused-ring (bicyclic) bond motifs is 2. The molecule has 0 aliphatic heterocycles. The van der Waals surface area contributed by atoms with Crippen molar-refractivity contribution < 1.29 is 0 Å². The molecule has 4 aliphatic rings. The molecule has 4 aliphatic carbocycles. The molecular formula is C22H22. The van der Waals surface area contributed by atoms with Crippen LogP contribution in [0.25, 0.3) is 0 Å². The Morgan fingerprint density at radius 1 is 0.864 bits per heavy atom. The van der Waals surface area contributed by atoms with E-state index in [1.807, 2.05) is 0 Å². The summed E-state index contributed by atoms with van der Waals surface area (Å²) in [4.78, 5) is 0. The second-order valence-corrected chi connectivity index (χ2v) is 6.63. The van der Waals surface area contributed by atoms with Crippen molar-refractivity contribution in [2.75, 3.05) is 0 Å². The highest BCUT2D eigenvalue weighted by Gasteiger charge is 2.31. The van der Waals surface area contributed by atoms with Gasteiger partial charge in [-0.05, 0) is 48.1 Å². The quantitative estimate of drug-likeness (QED) is 0.587. The van der Waals surface area contributed by atoms with Crippen molar-refractivity contribution in [3.05, 3.63) is 94.7 Å². The zero-order valence-electron chi connectivity index (χ0n) is 13.3. The molecule has 22 heavy (non-hydrogen) atoms. The molecule has 4 rings (SSSR count). The Kier molecular flexibility index (Phi) is 3.26. The Hall–Kier alpha value is -2.08. The number of rotatable bonds is 1. The van der Waals surface area contributed by atoms with E-state index in [0.29, 0.717) is 17.8 Å². The molecule has 0 saturated carbocycles. The van der Waals surface area contributed by atoms with Gasteiger partial charge in [0.1, 0.15) is 0 Å². The summed E-state index contributed by atoms with van der Waals surface area (Å²) in [6, 6.07) is 0. The maximum Gasteiger partial charge on any atom is 0.0128 e. The van der Waals surface area contributed by atoms with Crippen LogP contribution in [0.1, 0.15) is 20.3 Å². The van der Waals surface area contributed by atoms with E-state index in [2.05, 4.69) is 80.7 Å². The minimum absolute atomic E-state index is 0.485. The van der Waals surface area contributed by atoms with Gasteiger partial charge in [-0.2, -0.15) is 0 Å². The summed E-state index contributed by atoms with van der Waals surface area (Å²) in [5.41, 5.74) is 7.39. The fraction of sp³-hybridized carbons (Fsp3) is 0.273. The van der Waals surface area contributed by atoms with Gasteiger partial charge in [0.2, 0.25) is 0 Å². The van der Waals surface area contributed by atoms with Gasteiger partial charge in [0.05, 0.1) is 0 Å². The maximum atomic E-state index is 2.42. The molecule has 0 N–H and O–H groups in total. The van der Waals surface area contributed by atoms with Gasteiger partial charge in [0.15, 0.2) is 0 Å². The van der Waals surface area contributed by atoms with Crippen LogP contribution in [0.5, 0.6) is 0 Å². The van der Waals surface area contributed by atoms with Crippen molar-refractivity contribution in [3.63, 3.8) is 0 Å². The Labute approximate surface area is 133 Å². The minimum atomic E-state index is 0.485. The summed E-state index contributed by atoms with van der Waals surface area (Å²) < 4.78 is 0. The molecule has 0 fully saturated rings. The summed E-state index contributed by atoms with van der Waals surface area (Å²) in [6.45, 7) is 4.54. The van der Waals surface area contributed by atoms with Crippen molar-refractivity contribution in [1.82, 2.24) is 0 Å². The van der Waals surface area contributed by atoms with Gasteiger partial charge >= 0.3 is 0 Å². The van der Waals surface area contributed by atoms with Crippen molar-refractivity contribution in [3.8, 4) is 0 Å². The molecule has 0 aromatic carbocycles. The fourth-order valence-electron chi connectivity index (χ4n) is 4.13. The second-order valence-electron chi connectivity index (χ2n) is 6.63. The lowest BCUT2D eigenvalue weighted by molar-refractivity contribution is 0.617. The van der Waals surface area contributed by atoms with Gasteiger partial charge in [0.25, 0.3) is 0 Å². The zero-order chi connectivity index (χ0) is 15.1. The van der Waals surface area contributed by atoms with E-state index in [4.69, 9.17) is 0 Å². The lowest BCUT2D eigenvalue weighted by Gasteiger charge is -2.35. The number of hydrogen-bond acceptors (Lipinski definition) is 0. The van der Waals surface area contributed by atoms with Gasteiger partial charge in [-0.15, -0.1) is 0 Å². The highest BCUT2D eigenvalue weighted by molar-refractivity contribution is 5.62. The van der Waals surface area contributed by atoms with E-state index >= 15 is 0 Å². The molecule has 0 heterocycles. The number of hydrogen-bond donors (Lipinski definition) is 0. The molecule has 0 spiro atoms. The van der Waals surface area contributed by atoms with Crippen LogP contribution in [0.4, 0.5) is 0 Å². The predicted molar refractivity (Wildman–Crippen MR) is 94.3 cm³/mol. The molecule has 0 nitrogen and oxygen atoms in total. The molecule has 0 saturated heterocycles. The summed E-state index contributed by atoms with van der Waals surface area (Å²) in [5, 5.41) is 0. The van der Waals surface area contributed by atoms with Crippen LogP contribution in [-0.2, 0) is 0 Å². The molecule has 0 amide bonds. The van der Waals surface area contributed by atoms with Crippen LogP contribution in [0.15, 0.2) is 94.7 Å². The van der Waals surface area contributed by atoms with E-state index in [9.17, 15) is 0 Å². The van der Waals surface area contributed by atoms with E-state index in [1.54, 1.807) is 0 Å². The van der Waals surface area contributed by atoms with Gasteiger partial charge in [-0.25, -0.2) is 0 Å². The molecule has 0 aromatic heterocycles. The third-order valence-electron chi connectivity index (χ3n) is 5.26. The van der Waals surface area contributed by atoms with Crippen LogP contribution >= 0.6 is 0 Å². The molecular weight excluding hydrogens is 264 g/mol. The first kappa shape index (κ1) is 13.6. The summed E-state index contributed by atoms with van der Waals surface area (Å²) >= 11 is 0. The molecule has 0 radical (unpaired) electrons. The lowest BCUT2D eigenvalue weighted by atomic mass is 9.69. The Morgan fingerprint density at radius 2 is 1.68 bits per heavy atom. The normalized spacial score (nSPS) is 32.3. The molecule has 0 bridgehead atoms. The largest absolute Gasteiger partial charge is 0.0801 e. The molecule has 0 aromatic rings. The first-order valence-corrected chi connectivity index (χ1v) is 8.26. The lowest BCUT2D eigenvalue weighted by Crippen LogP contribution is -2.22. The third-order valence-corrected chi connectivity index (χ3v) is 5.26. The maximum absolute atomic E-state index is 2.42. The van der Waals surface area contributed by atoms with Crippen molar-refractivity contribution in [1.29, 1.82) is 0 Å². The first-order valence-electron chi connectivity index (χ1n) is 8.26. The van der Waals surface area contributed by atoms with Crippen LogP contribution in [0, 0.1) is 17.8 Å². The van der Waals surface area contributed by atoms with Gasteiger partial charge in [-0.1, -0.05) is 66.8 Å². The van der Waals surface area contributed by atoms with Crippen molar-refractivity contribution in [2.45, 2.75) is 20.3 Å². The van der Waals surface area contributed by atoms with Crippen LogP contribution in [-0.4, -0.2) is 0 Å². The SMILES string of the molecule is CC1=CCC2C=CC=CC2=C1C1=C(C)C=CC2C=CC=CC12. The molecule has 0 heteroatoms. The summed E-state index contributed by atoms with van der Waals surface area (Å²) in [5.74, 6) is 1.54. The van der Waals surface area contributed by atoms with Crippen molar-refractivity contribution in [2.24, 2.45) is 17.8 Å². The fourth-order valence-corrected chi connectivity index (χ4v) is 4.13. The van der Waals surface area contributed by atoms with E-state index in [-0.39, 0.29) is 0 Å². The van der Waals surface area contributed by atoms with E-state index in [1.165, 1.54) is 27.9 Å². The van der Waals surface area contributed by atoms with Gasteiger partial charge in [0, 0.05) is 17.8 Å². The first-order chi connectivity index (χ1) is 10.8. The average molecular weight is 286 g/mol. The van der Waals surface area contributed by atoms with E-state index < -0.39 is 0 Å². The topological polar surface area (TPSA) is 0 Å². The van der Waals surface area contributed by atoms with Crippen LogP contribution < -0.4 is 0 Å². The van der Waals surface area contributed by atoms with E-state index in [0.717, 1.165) is 6.42 Å². The smallest absolute Gasteiger partial charge is 0.0128 e. The minimum Gasteiger partial charge on any atom is -0.0801 e. The molecule has 110 valence electrons. The van der Waals surface area contributed by atoms with Gasteiger partial charge < -0.3 is 0 Å². The summed E-state index contributed by atoms with van der Waals surface area (Å²) in [6.07, 6.45) is 26.4. The third kappa shape index (κ3) is 2.06. The highest BCUT2D eigenvalue weighted by Crippen LogP contribution is 2.45. The summed E-state index contributed by atoms with van der Waals surface area (Å²) in [7, 11) is 0. The monoisotopic (exact) mass is 286 g/mol. The second kappa shape index (κ2) is 5.28. The Balaban J connectivity index is 1.90. The zero-order valence-corrected chi connectivity index (χ0v) is 13.3. The predicted octanol–water partition coefficient (Wildman–Crippen LogP) is 5.62. The number of allylic oxidation sites excluding steroid dienone is 16. The molecule has 3 atom stereocenters. The Morgan fingerprint density at radius 3 is 2.59 bits per heavy atom. The standard InChI is InChI=1S/C22H22/c1-15-11-13-17-7-3-5-9-19(17)21(15)22-16(2)12-14-18-8-4-6-10-20(18)22/h3-13,17-19H,14H2,1-2H3. The van der Waals surface area contributed by atoms with Crippen LogP contribution in [0.3, 0.4) is 0 Å². The van der Waals surface area contributed by atoms with Gasteiger partial charge in [-0.3, -0.25) is 0 Å². The Bertz CT molecular complexity index is 741. The average Bonchev–Trinajstić information content (AvgIpc) is 2.56.